The third kappa shape index (κ3) is 9.49. The first-order chi connectivity index (χ1) is 18.9. The average Bonchev–Trinajstić information content (AvgIpc) is 3.26. The minimum absolute atomic E-state index is 0.0170. The summed E-state index contributed by atoms with van der Waals surface area (Å²) >= 11 is 0. The molecule has 0 spiro atoms. The SMILES string of the molecule is CCCCCCC(=O)OCn1c(=O)c(C(F)(F)F)cn([C@H]2C[C@H](OC(=O)CCC)[C@@H](COC(=O)CCC)O2)c1=O. The maximum absolute atomic E-state index is 13.8. The molecule has 1 aliphatic heterocycles. The summed E-state index contributed by atoms with van der Waals surface area (Å²) in [5.41, 5.74) is -4.57. The standard InChI is InChI=1S/C26H37F3N2O9/c1-4-7-8-9-12-22(33)38-16-31-24(35)17(26(27,28)29)14-30(25(31)36)20-13-18(40-23(34)11-6-3)19(39-20)15-37-21(32)10-5-2/h14,18-20H,4-13,15-16H2,1-3H3/t18-,19+,20+/m0/s1. The molecule has 14 heteroatoms. The van der Waals surface area contributed by atoms with Crippen LogP contribution in [0.1, 0.15) is 96.8 Å². The van der Waals surface area contributed by atoms with Gasteiger partial charge in [-0.05, 0) is 19.3 Å². The zero-order chi connectivity index (χ0) is 29.9. The zero-order valence-corrected chi connectivity index (χ0v) is 23.0. The fourth-order valence-corrected chi connectivity index (χ4v) is 4.07. The predicted octanol–water partition coefficient (Wildman–Crippen LogP) is 3.84. The van der Waals surface area contributed by atoms with Gasteiger partial charge in [0.1, 0.15) is 30.6 Å². The van der Waals surface area contributed by atoms with Crippen molar-refractivity contribution in [3.8, 4) is 0 Å². The molecule has 11 nitrogen and oxygen atoms in total. The number of carbonyl (C=O) groups excluding carboxylic acids is 3. The Hall–Kier alpha value is -3.16. The molecule has 1 saturated heterocycles. The lowest BCUT2D eigenvalue weighted by Gasteiger charge is -2.19. The Labute approximate surface area is 229 Å². The monoisotopic (exact) mass is 578 g/mol. The first kappa shape index (κ1) is 33.0. The average molecular weight is 579 g/mol. The highest BCUT2D eigenvalue weighted by Gasteiger charge is 2.42. The first-order valence-corrected chi connectivity index (χ1v) is 13.5. The van der Waals surface area contributed by atoms with Crippen LogP contribution in [0.5, 0.6) is 0 Å². The van der Waals surface area contributed by atoms with Crippen LogP contribution in [0.3, 0.4) is 0 Å². The molecular formula is C26H37F3N2O9. The van der Waals surface area contributed by atoms with Crippen molar-refractivity contribution in [3.05, 3.63) is 32.6 Å². The molecule has 0 saturated carbocycles. The molecule has 1 aliphatic rings. The van der Waals surface area contributed by atoms with E-state index < -0.39 is 66.1 Å². The van der Waals surface area contributed by atoms with Crippen molar-refractivity contribution in [1.82, 2.24) is 9.13 Å². The maximum Gasteiger partial charge on any atom is 0.423 e. The molecule has 226 valence electrons. The number of alkyl halides is 3. The van der Waals surface area contributed by atoms with E-state index in [9.17, 15) is 37.1 Å². The maximum atomic E-state index is 13.8. The van der Waals surface area contributed by atoms with Gasteiger partial charge in [0.25, 0.3) is 5.56 Å². The number of ether oxygens (including phenoxy) is 4. The smallest absolute Gasteiger partial charge is 0.423 e. The number of nitrogens with zero attached hydrogens (tertiary/aromatic N) is 2. The van der Waals surface area contributed by atoms with Gasteiger partial charge >= 0.3 is 29.8 Å². The third-order valence-electron chi connectivity index (χ3n) is 6.18. The highest BCUT2D eigenvalue weighted by molar-refractivity contribution is 5.70. The van der Waals surface area contributed by atoms with Gasteiger partial charge in [-0.25, -0.2) is 9.36 Å². The summed E-state index contributed by atoms with van der Waals surface area (Å²) < 4.78 is 63.2. The Balaban J connectivity index is 2.36. The number of unbranched alkanes of at least 4 members (excludes halogenated alkanes) is 3. The molecule has 1 fully saturated rings. The van der Waals surface area contributed by atoms with Crippen molar-refractivity contribution >= 4 is 17.9 Å². The van der Waals surface area contributed by atoms with Crippen LogP contribution in [-0.2, 0) is 46.2 Å². The minimum Gasteiger partial charge on any atom is -0.463 e. The minimum atomic E-state index is -5.14. The fourth-order valence-electron chi connectivity index (χ4n) is 4.07. The van der Waals surface area contributed by atoms with Crippen molar-refractivity contribution in [2.75, 3.05) is 6.61 Å². The van der Waals surface area contributed by atoms with Gasteiger partial charge in [-0.15, -0.1) is 0 Å². The van der Waals surface area contributed by atoms with E-state index in [1.54, 1.807) is 13.8 Å². The summed E-state index contributed by atoms with van der Waals surface area (Å²) in [6.07, 6.45) is -4.36. The molecule has 40 heavy (non-hydrogen) atoms. The molecule has 0 N–H and O–H groups in total. The molecule has 1 aromatic heterocycles. The van der Waals surface area contributed by atoms with E-state index in [2.05, 4.69) is 0 Å². The van der Waals surface area contributed by atoms with E-state index in [0.717, 1.165) is 19.3 Å². The van der Waals surface area contributed by atoms with Gasteiger partial charge in [-0.3, -0.25) is 23.7 Å². The quantitative estimate of drug-likeness (QED) is 0.173. The molecule has 3 atom stereocenters. The second-order valence-corrected chi connectivity index (χ2v) is 9.50. The third-order valence-corrected chi connectivity index (χ3v) is 6.18. The Morgan fingerprint density at radius 2 is 1.57 bits per heavy atom. The van der Waals surface area contributed by atoms with E-state index >= 15 is 0 Å². The van der Waals surface area contributed by atoms with Crippen LogP contribution in [0, 0.1) is 0 Å². The molecule has 2 rings (SSSR count). The first-order valence-electron chi connectivity index (χ1n) is 13.5. The second kappa shape index (κ2) is 15.6. The lowest BCUT2D eigenvalue weighted by molar-refractivity contribution is -0.159. The summed E-state index contributed by atoms with van der Waals surface area (Å²) in [7, 11) is 0. The van der Waals surface area contributed by atoms with Crippen molar-refractivity contribution in [2.45, 2.75) is 116 Å². The van der Waals surface area contributed by atoms with Gasteiger partial charge in [0.15, 0.2) is 6.73 Å². The Morgan fingerprint density at radius 1 is 0.925 bits per heavy atom. The molecule has 0 aromatic carbocycles. The number of rotatable bonds is 15. The number of hydrogen-bond donors (Lipinski definition) is 0. The van der Waals surface area contributed by atoms with Crippen LogP contribution in [0.4, 0.5) is 13.2 Å². The zero-order valence-electron chi connectivity index (χ0n) is 23.0. The highest BCUT2D eigenvalue weighted by atomic mass is 19.4. The molecular weight excluding hydrogens is 541 g/mol. The lowest BCUT2D eigenvalue weighted by Crippen LogP contribution is -2.45. The lowest BCUT2D eigenvalue weighted by atomic mass is 10.1. The summed E-state index contributed by atoms with van der Waals surface area (Å²) in [6.45, 7) is 4.11. The predicted molar refractivity (Wildman–Crippen MR) is 134 cm³/mol. The molecule has 1 aromatic rings. The summed E-state index contributed by atoms with van der Waals surface area (Å²) in [6, 6.07) is 0. The highest BCUT2D eigenvalue weighted by Crippen LogP contribution is 2.32. The number of aromatic nitrogens is 2. The molecule has 2 heterocycles. The molecule has 0 bridgehead atoms. The Kier molecular flexibility index (Phi) is 12.9. The van der Waals surface area contributed by atoms with Gasteiger partial charge in [0, 0.05) is 31.9 Å². The second-order valence-electron chi connectivity index (χ2n) is 9.50. The number of carbonyl (C=O) groups is 3. The van der Waals surface area contributed by atoms with Gasteiger partial charge in [-0.2, -0.15) is 13.2 Å². The number of hydrogen-bond acceptors (Lipinski definition) is 9. The van der Waals surface area contributed by atoms with Crippen LogP contribution in [0.15, 0.2) is 15.8 Å². The van der Waals surface area contributed by atoms with Gasteiger partial charge in [-0.1, -0.05) is 40.0 Å². The van der Waals surface area contributed by atoms with Crippen molar-refractivity contribution in [1.29, 1.82) is 0 Å². The summed E-state index contributed by atoms with van der Waals surface area (Å²) in [5.74, 6) is -1.91. The molecule has 0 unspecified atom stereocenters. The van der Waals surface area contributed by atoms with E-state index in [1.165, 1.54) is 0 Å². The topological polar surface area (TPSA) is 132 Å². The number of esters is 3. The van der Waals surface area contributed by atoms with E-state index in [1.807, 2.05) is 6.92 Å². The summed E-state index contributed by atoms with van der Waals surface area (Å²) in [4.78, 5) is 61.8. The van der Waals surface area contributed by atoms with Crippen molar-refractivity contribution < 1.29 is 46.5 Å². The van der Waals surface area contributed by atoms with E-state index in [0.29, 0.717) is 30.0 Å². The van der Waals surface area contributed by atoms with Crippen LogP contribution in [0.25, 0.3) is 0 Å². The van der Waals surface area contributed by atoms with Crippen molar-refractivity contribution in [2.24, 2.45) is 0 Å². The normalized spacial score (nSPS) is 18.9. The molecule has 0 amide bonds. The Morgan fingerprint density at radius 3 is 2.20 bits per heavy atom. The van der Waals surface area contributed by atoms with E-state index in [4.69, 9.17) is 18.9 Å². The molecule has 0 aliphatic carbocycles. The van der Waals surface area contributed by atoms with Crippen LogP contribution >= 0.6 is 0 Å². The van der Waals surface area contributed by atoms with Gasteiger partial charge in [0.05, 0.1) is 0 Å². The van der Waals surface area contributed by atoms with Crippen LogP contribution in [-0.4, -0.2) is 45.9 Å². The fraction of sp³-hybridized carbons (Fsp3) is 0.731. The van der Waals surface area contributed by atoms with Crippen LogP contribution < -0.4 is 11.2 Å². The summed E-state index contributed by atoms with van der Waals surface area (Å²) in [5, 5.41) is 0. The molecule has 0 radical (unpaired) electrons. The van der Waals surface area contributed by atoms with Crippen molar-refractivity contribution in [3.63, 3.8) is 0 Å². The largest absolute Gasteiger partial charge is 0.463 e. The Bertz CT molecular complexity index is 1130. The number of halogens is 3. The van der Waals surface area contributed by atoms with Gasteiger partial charge < -0.3 is 18.9 Å². The van der Waals surface area contributed by atoms with Gasteiger partial charge in [0.2, 0.25) is 0 Å². The van der Waals surface area contributed by atoms with E-state index in [-0.39, 0.29) is 36.9 Å². The van der Waals surface area contributed by atoms with Crippen LogP contribution in [0.2, 0.25) is 0 Å².